The van der Waals surface area contributed by atoms with Crippen LogP contribution in [0.4, 0.5) is 0 Å². The number of amides is 4. The minimum absolute atomic E-state index is 0.235. The molecule has 25 heavy (non-hydrogen) atoms. The third kappa shape index (κ3) is 6.45. The zero-order valence-electron chi connectivity index (χ0n) is 14.1. The fourth-order valence-corrected chi connectivity index (χ4v) is 2.30. The molecule has 0 spiro atoms. The van der Waals surface area contributed by atoms with Crippen molar-refractivity contribution in [3.63, 3.8) is 0 Å². The summed E-state index contributed by atoms with van der Waals surface area (Å²) < 4.78 is 11.0. The summed E-state index contributed by atoms with van der Waals surface area (Å²) in [5.74, 6) is -3.54. The van der Waals surface area contributed by atoms with E-state index in [4.69, 9.17) is 9.79 Å². The first-order chi connectivity index (χ1) is 11.4. The van der Waals surface area contributed by atoms with Crippen molar-refractivity contribution in [3.8, 4) is 0 Å². The van der Waals surface area contributed by atoms with Crippen LogP contribution in [0.25, 0.3) is 0 Å². The Morgan fingerprint density at radius 2 is 1.60 bits per heavy atom. The van der Waals surface area contributed by atoms with Gasteiger partial charge in [0, 0.05) is 6.42 Å². The van der Waals surface area contributed by atoms with E-state index < -0.39 is 49.2 Å². The van der Waals surface area contributed by atoms with Gasteiger partial charge in [-0.3, -0.25) is 23.7 Å². The predicted octanol–water partition coefficient (Wildman–Crippen LogP) is -2.09. The quantitative estimate of drug-likeness (QED) is 0.275. The highest BCUT2D eigenvalue weighted by molar-refractivity contribution is 7.52. The molecule has 0 bridgehead atoms. The van der Waals surface area contributed by atoms with E-state index in [1.54, 1.807) is 0 Å². The van der Waals surface area contributed by atoms with Crippen molar-refractivity contribution in [1.29, 1.82) is 0 Å². The highest BCUT2D eigenvalue weighted by Crippen LogP contribution is 2.39. The first-order valence-electron chi connectivity index (χ1n) is 7.67. The number of hydrogen-bond donors (Lipinski definition) is 6. The lowest BCUT2D eigenvalue weighted by atomic mass is 10.2. The predicted molar refractivity (Wildman–Crippen MR) is 86.0 cm³/mol. The van der Waals surface area contributed by atoms with E-state index in [2.05, 4.69) is 21.3 Å². The Bertz CT molecular complexity index is 605. The van der Waals surface area contributed by atoms with E-state index in [-0.39, 0.29) is 12.3 Å². The van der Waals surface area contributed by atoms with Crippen molar-refractivity contribution in [2.45, 2.75) is 57.5 Å². The fourth-order valence-electron chi connectivity index (χ4n) is 2.01. The van der Waals surface area contributed by atoms with Gasteiger partial charge < -0.3 is 31.1 Å². The summed E-state index contributed by atoms with van der Waals surface area (Å²) in [6.45, 7) is 3.89. The molecule has 142 valence electrons. The van der Waals surface area contributed by atoms with Crippen LogP contribution in [0.1, 0.15) is 33.6 Å². The second kappa shape index (κ2) is 8.41. The molecule has 1 aliphatic rings. The van der Waals surface area contributed by atoms with E-state index >= 15 is 0 Å². The van der Waals surface area contributed by atoms with Gasteiger partial charge in [0.25, 0.3) is 0 Å². The van der Waals surface area contributed by atoms with Crippen molar-refractivity contribution in [3.05, 3.63) is 0 Å². The molecule has 1 fully saturated rings. The van der Waals surface area contributed by atoms with E-state index in [1.807, 2.05) is 0 Å². The lowest BCUT2D eigenvalue weighted by Gasteiger charge is -2.21. The normalized spacial score (nSPS) is 20.8. The lowest BCUT2D eigenvalue weighted by molar-refractivity contribution is -0.132. The lowest BCUT2D eigenvalue weighted by Crippen LogP contribution is -2.54. The molecule has 1 heterocycles. The zero-order valence-corrected chi connectivity index (χ0v) is 15.0. The van der Waals surface area contributed by atoms with Gasteiger partial charge in [-0.15, -0.1) is 0 Å². The highest BCUT2D eigenvalue weighted by Gasteiger charge is 2.31. The number of rotatable bonds is 7. The van der Waals surface area contributed by atoms with Gasteiger partial charge in [0.15, 0.2) is 0 Å². The van der Waals surface area contributed by atoms with Gasteiger partial charge in [-0.05, 0) is 27.2 Å². The van der Waals surface area contributed by atoms with Gasteiger partial charge in [0.2, 0.25) is 23.6 Å². The Morgan fingerprint density at radius 1 is 1.08 bits per heavy atom. The summed E-state index contributed by atoms with van der Waals surface area (Å²) in [5, 5.41) is 9.34. The van der Waals surface area contributed by atoms with Crippen molar-refractivity contribution < 1.29 is 33.5 Å². The van der Waals surface area contributed by atoms with Crippen molar-refractivity contribution in [2.75, 3.05) is 0 Å². The summed E-state index contributed by atoms with van der Waals surface area (Å²) in [7, 11) is -4.48. The van der Waals surface area contributed by atoms with Gasteiger partial charge in [-0.2, -0.15) is 0 Å². The van der Waals surface area contributed by atoms with E-state index in [0.29, 0.717) is 6.42 Å². The van der Waals surface area contributed by atoms with Crippen LogP contribution in [-0.4, -0.2) is 57.3 Å². The highest BCUT2D eigenvalue weighted by atomic mass is 31.2. The summed E-state index contributed by atoms with van der Waals surface area (Å²) in [6.07, 6.45) is 0.589. The maximum absolute atomic E-state index is 12.0. The second-order valence-electron chi connectivity index (χ2n) is 5.89. The smallest absolute Gasteiger partial charge is 0.344 e. The molecular formula is C13H23N4O7P. The number of carbonyl (C=O) groups is 4. The van der Waals surface area contributed by atoms with E-state index in [9.17, 15) is 23.7 Å². The molecule has 11 nitrogen and oxygen atoms in total. The van der Waals surface area contributed by atoms with Crippen LogP contribution >= 0.6 is 7.60 Å². The summed E-state index contributed by atoms with van der Waals surface area (Å²) >= 11 is 0. The molecule has 0 aromatic heterocycles. The van der Waals surface area contributed by atoms with Gasteiger partial charge in [0.05, 0.1) is 0 Å². The van der Waals surface area contributed by atoms with Crippen LogP contribution in [0, 0.1) is 0 Å². The molecule has 0 unspecified atom stereocenters. The number of nitrogens with one attached hydrogen (secondary N) is 4. The Morgan fingerprint density at radius 3 is 2.08 bits per heavy atom. The molecule has 4 atom stereocenters. The summed E-state index contributed by atoms with van der Waals surface area (Å²) in [6, 6.07) is -2.71. The molecule has 1 rings (SSSR count). The third-order valence-electron chi connectivity index (χ3n) is 3.67. The molecule has 12 heteroatoms. The van der Waals surface area contributed by atoms with Gasteiger partial charge in [-0.1, -0.05) is 0 Å². The van der Waals surface area contributed by atoms with Crippen LogP contribution in [0.5, 0.6) is 0 Å². The largest absolute Gasteiger partial charge is 0.347 e. The Labute approximate surface area is 144 Å². The van der Waals surface area contributed by atoms with E-state index in [0.717, 1.165) is 6.92 Å². The SMILES string of the molecule is C[C@H](NC(=O)[C@H](C)NC(=O)[C@@H]1CCC(=O)N1)C(=O)N[C@@H](C)P(=O)(O)O. The molecule has 1 saturated heterocycles. The first kappa shape index (κ1) is 21.1. The molecule has 1 aliphatic heterocycles. The second-order valence-corrected chi connectivity index (χ2v) is 7.85. The van der Waals surface area contributed by atoms with Crippen LogP contribution in [-0.2, 0) is 23.7 Å². The number of carbonyl (C=O) groups excluding carboxylic acids is 4. The van der Waals surface area contributed by atoms with E-state index in [1.165, 1.54) is 13.8 Å². The molecule has 0 radical (unpaired) electrons. The van der Waals surface area contributed by atoms with Gasteiger partial charge in [0.1, 0.15) is 23.9 Å². The Kier molecular flexibility index (Phi) is 7.09. The molecule has 4 amide bonds. The molecule has 0 aromatic rings. The molecular weight excluding hydrogens is 355 g/mol. The number of hydrogen-bond acceptors (Lipinski definition) is 5. The minimum Gasteiger partial charge on any atom is -0.344 e. The average molecular weight is 378 g/mol. The summed E-state index contributed by atoms with van der Waals surface area (Å²) in [5.41, 5.74) is 0. The monoisotopic (exact) mass is 378 g/mol. The first-order valence-corrected chi connectivity index (χ1v) is 9.35. The van der Waals surface area contributed by atoms with Crippen LogP contribution < -0.4 is 21.3 Å². The van der Waals surface area contributed by atoms with Crippen molar-refractivity contribution >= 4 is 31.2 Å². The Hall–Kier alpha value is -1.97. The van der Waals surface area contributed by atoms with Gasteiger partial charge in [-0.25, -0.2) is 0 Å². The van der Waals surface area contributed by atoms with Crippen molar-refractivity contribution in [2.24, 2.45) is 0 Å². The average Bonchev–Trinajstić information content (AvgIpc) is 2.92. The zero-order chi connectivity index (χ0) is 19.4. The minimum atomic E-state index is -4.48. The molecule has 6 N–H and O–H groups in total. The molecule has 0 aromatic carbocycles. The van der Waals surface area contributed by atoms with Crippen LogP contribution in [0.15, 0.2) is 0 Å². The van der Waals surface area contributed by atoms with Crippen molar-refractivity contribution in [1.82, 2.24) is 21.3 Å². The standard InChI is InChI=1S/C13H23N4O7P/c1-6(15-13(21)9-4-5-10(18)17-9)11(19)14-7(2)12(20)16-8(3)25(22,23)24/h6-9H,4-5H2,1-3H3,(H,14,19)(H,15,21)(H,16,20)(H,17,18)(H2,22,23,24)/t6-,7-,8+,9-/m0/s1. The summed E-state index contributed by atoms with van der Waals surface area (Å²) in [4.78, 5) is 64.7. The molecule has 0 saturated carbocycles. The topological polar surface area (TPSA) is 174 Å². The fraction of sp³-hybridized carbons (Fsp3) is 0.692. The third-order valence-corrected chi connectivity index (χ3v) is 4.81. The van der Waals surface area contributed by atoms with Gasteiger partial charge >= 0.3 is 7.60 Å². The van der Waals surface area contributed by atoms with Crippen LogP contribution in [0.2, 0.25) is 0 Å². The maximum atomic E-state index is 12.0. The molecule has 0 aliphatic carbocycles. The van der Waals surface area contributed by atoms with Crippen LogP contribution in [0.3, 0.4) is 0 Å². The maximum Gasteiger partial charge on any atom is 0.347 e. The Balaban J connectivity index is 2.48.